The van der Waals surface area contributed by atoms with E-state index in [1.807, 2.05) is 13.8 Å². The molecule has 1 heterocycles. The summed E-state index contributed by atoms with van der Waals surface area (Å²) in [6.07, 6.45) is 0. The molecule has 2 aromatic carbocycles. The first-order valence-corrected chi connectivity index (χ1v) is 8.82. The maximum absolute atomic E-state index is 4.46. The fourth-order valence-electron chi connectivity index (χ4n) is 2.66. The molecule has 0 aliphatic carbocycles. The van der Waals surface area contributed by atoms with Gasteiger partial charge in [0.15, 0.2) is 5.96 Å². The maximum atomic E-state index is 4.46. The molecule has 0 atom stereocenters. The average molecular weight is 466 g/mol. The Morgan fingerprint density at radius 3 is 2.44 bits per heavy atom. The van der Waals surface area contributed by atoms with Gasteiger partial charge in [0, 0.05) is 18.5 Å². The van der Waals surface area contributed by atoms with E-state index in [4.69, 9.17) is 0 Å². The minimum Gasteiger partial charge on any atom is -0.352 e. The lowest BCUT2D eigenvalue weighted by Crippen LogP contribution is -2.36. The lowest BCUT2D eigenvalue weighted by Gasteiger charge is -2.12. The summed E-state index contributed by atoms with van der Waals surface area (Å²) in [5.74, 6) is 0.800. The Hall–Kier alpha value is -1.67. The molecule has 0 saturated carbocycles. The van der Waals surface area contributed by atoms with Gasteiger partial charge < -0.3 is 10.6 Å². The first kappa shape index (κ1) is 19.7. The molecule has 6 heteroatoms. The van der Waals surface area contributed by atoms with Crippen molar-refractivity contribution >= 4 is 52.0 Å². The third-order valence-electron chi connectivity index (χ3n) is 3.91. The summed E-state index contributed by atoms with van der Waals surface area (Å²) in [5, 5.41) is 10.4. The highest BCUT2D eigenvalue weighted by atomic mass is 127. The second-order valence-corrected chi connectivity index (χ2v) is 6.99. The van der Waals surface area contributed by atoms with Crippen LogP contribution in [0.3, 0.4) is 0 Å². The quantitative estimate of drug-likeness (QED) is 0.341. The normalized spacial score (nSPS) is 11.2. The molecule has 4 nitrogen and oxygen atoms in total. The number of aliphatic imine (C=N–C) groups is 1. The number of thiazole rings is 1. The van der Waals surface area contributed by atoms with Crippen LogP contribution in [0.5, 0.6) is 0 Å². The molecular formula is C19H23IN4S. The number of nitrogens with zero attached hydrogens (tertiary/aromatic N) is 2. The fraction of sp³-hybridized carbons (Fsp3) is 0.263. The zero-order valence-electron chi connectivity index (χ0n) is 14.7. The molecule has 0 spiro atoms. The van der Waals surface area contributed by atoms with Crippen molar-refractivity contribution < 1.29 is 0 Å². The van der Waals surface area contributed by atoms with Gasteiger partial charge in [-0.1, -0.05) is 36.4 Å². The Balaban J connectivity index is 0.00000225. The molecule has 132 valence electrons. The highest BCUT2D eigenvalue weighted by Gasteiger charge is 2.06. The van der Waals surface area contributed by atoms with Gasteiger partial charge in [0.05, 0.1) is 17.2 Å². The van der Waals surface area contributed by atoms with Crippen LogP contribution >= 0.6 is 35.3 Å². The van der Waals surface area contributed by atoms with Gasteiger partial charge >= 0.3 is 0 Å². The van der Waals surface area contributed by atoms with E-state index in [1.54, 1.807) is 18.4 Å². The van der Waals surface area contributed by atoms with Crippen molar-refractivity contribution in [2.24, 2.45) is 4.99 Å². The van der Waals surface area contributed by atoms with Crippen LogP contribution in [0, 0.1) is 13.8 Å². The van der Waals surface area contributed by atoms with Gasteiger partial charge in [0.2, 0.25) is 0 Å². The molecule has 0 aliphatic rings. The topological polar surface area (TPSA) is 49.3 Å². The summed E-state index contributed by atoms with van der Waals surface area (Å²) in [7, 11) is 1.79. The van der Waals surface area contributed by atoms with E-state index in [9.17, 15) is 0 Å². The van der Waals surface area contributed by atoms with E-state index in [-0.39, 0.29) is 24.0 Å². The van der Waals surface area contributed by atoms with Crippen molar-refractivity contribution in [2.45, 2.75) is 26.9 Å². The van der Waals surface area contributed by atoms with E-state index in [0.29, 0.717) is 0 Å². The number of hydrogen-bond donors (Lipinski definition) is 2. The molecular weight excluding hydrogens is 443 g/mol. The van der Waals surface area contributed by atoms with Crippen molar-refractivity contribution in [3.63, 3.8) is 0 Å². The summed E-state index contributed by atoms with van der Waals surface area (Å²) in [6, 6.07) is 14.9. The first-order valence-electron chi connectivity index (χ1n) is 8.01. The summed E-state index contributed by atoms with van der Waals surface area (Å²) < 4.78 is 0. The smallest absolute Gasteiger partial charge is 0.191 e. The Morgan fingerprint density at radius 2 is 1.76 bits per heavy atom. The average Bonchev–Trinajstić information content (AvgIpc) is 2.92. The molecule has 0 saturated heterocycles. The van der Waals surface area contributed by atoms with Gasteiger partial charge in [-0.05, 0) is 36.2 Å². The van der Waals surface area contributed by atoms with Crippen LogP contribution in [0.2, 0.25) is 0 Å². The van der Waals surface area contributed by atoms with Crippen LogP contribution < -0.4 is 10.6 Å². The van der Waals surface area contributed by atoms with E-state index < -0.39 is 0 Å². The minimum atomic E-state index is 0. The molecule has 0 amide bonds. The molecule has 0 aliphatic heterocycles. The number of halogens is 1. The van der Waals surface area contributed by atoms with Crippen LogP contribution in [0.4, 0.5) is 0 Å². The van der Waals surface area contributed by atoms with Crippen LogP contribution in [0.25, 0.3) is 10.8 Å². The van der Waals surface area contributed by atoms with Crippen LogP contribution in [0.15, 0.2) is 47.5 Å². The zero-order valence-corrected chi connectivity index (χ0v) is 17.8. The van der Waals surface area contributed by atoms with Gasteiger partial charge in [0.25, 0.3) is 0 Å². The Kier molecular flexibility index (Phi) is 7.19. The van der Waals surface area contributed by atoms with Crippen molar-refractivity contribution in [1.82, 2.24) is 15.6 Å². The molecule has 3 aromatic rings. The first-order chi connectivity index (χ1) is 11.7. The molecule has 0 radical (unpaired) electrons. The number of fused-ring (bicyclic) bond motifs is 1. The van der Waals surface area contributed by atoms with Gasteiger partial charge in [-0.2, -0.15) is 0 Å². The Morgan fingerprint density at radius 1 is 1.04 bits per heavy atom. The molecule has 25 heavy (non-hydrogen) atoms. The van der Waals surface area contributed by atoms with E-state index in [2.05, 4.69) is 63.1 Å². The van der Waals surface area contributed by atoms with Gasteiger partial charge in [-0.3, -0.25) is 4.99 Å². The monoisotopic (exact) mass is 466 g/mol. The summed E-state index contributed by atoms with van der Waals surface area (Å²) in [6.45, 7) is 5.57. The molecule has 3 rings (SSSR count). The van der Waals surface area contributed by atoms with Gasteiger partial charge in [-0.15, -0.1) is 35.3 Å². The summed E-state index contributed by atoms with van der Waals surface area (Å²) >= 11 is 1.73. The zero-order chi connectivity index (χ0) is 16.9. The van der Waals surface area contributed by atoms with Crippen LogP contribution in [-0.2, 0) is 13.1 Å². The largest absolute Gasteiger partial charge is 0.352 e. The molecule has 1 aromatic heterocycles. The second-order valence-electron chi connectivity index (χ2n) is 5.70. The number of nitrogens with one attached hydrogen (secondary N) is 2. The van der Waals surface area contributed by atoms with Crippen molar-refractivity contribution in [3.8, 4) is 0 Å². The van der Waals surface area contributed by atoms with Crippen molar-refractivity contribution in [3.05, 3.63) is 63.6 Å². The van der Waals surface area contributed by atoms with Crippen LogP contribution in [-0.4, -0.2) is 18.0 Å². The molecule has 0 fully saturated rings. The van der Waals surface area contributed by atoms with Crippen LogP contribution in [0.1, 0.15) is 21.1 Å². The SMILES string of the molecule is CN=C(NCc1ccc2ccccc2c1)NCc1sc(C)nc1C.I. The molecule has 0 bridgehead atoms. The van der Waals surface area contributed by atoms with E-state index in [0.717, 1.165) is 29.8 Å². The number of guanidine groups is 1. The van der Waals surface area contributed by atoms with Crippen molar-refractivity contribution in [1.29, 1.82) is 0 Å². The summed E-state index contributed by atoms with van der Waals surface area (Å²) in [5.41, 5.74) is 2.33. The number of hydrogen-bond acceptors (Lipinski definition) is 3. The van der Waals surface area contributed by atoms with E-state index >= 15 is 0 Å². The third kappa shape index (κ3) is 5.15. The highest BCUT2D eigenvalue weighted by molar-refractivity contribution is 14.0. The Bertz CT molecular complexity index is 873. The molecule has 0 unspecified atom stereocenters. The number of benzene rings is 2. The van der Waals surface area contributed by atoms with Gasteiger partial charge in [-0.25, -0.2) is 4.98 Å². The predicted octanol–water partition coefficient (Wildman–Crippen LogP) is 4.40. The predicted molar refractivity (Wildman–Crippen MR) is 118 cm³/mol. The third-order valence-corrected chi connectivity index (χ3v) is 4.99. The Labute approximate surface area is 169 Å². The molecule has 2 N–H and O–H groups in total. The number of aromatic nitrogens is 1. The van der Waals surface area contributed by atoms with Gasteiger partial charge in [0.1, 0.15) is 0 Å². The highest BCUT2D eigenvalue weighted by Crippen LogP contribution is 2.17. The minimum absolute atomic E-state index is 0. The standard InChI is InChI=1S/C19H22N4S.HI/c1-13-18(24-14(2)23-13)12-22-19(20-3)21-11-15-8-9-16-6-4-5-7-17(16)10-15;/h4-10H,11-12H2,1-3H3,(H2,20,21,22);1H. The lowest BCUT2D eigenvalue weighted by molar-refractivity contribution is 0.812. The van der Waals surface area contributed by atoms with Crippen molar-refractivity contribution in [2.75, 3.05) is 7.05 Å². The fourth-order valence-corrected chi connectivity index (χ4v) is 3.53. The lowest BCUT2D eigenvalue weighted by atomic mass is 10.1. The number of rotatable bonds is 4. The second kappa shape index (κ2) is 9.15. The number of aryl methyl sites for hydroxylation is 2. The maximum Gasteiger partial charge on any atom is 0.191 e. The summed E-state index contributed by atoms with van der Waals surface area (Å²) in [4.78, 5) is 10.0. The van der Waals surface area contributed by atoms with E-state index in [1.165, 1.54) is 21.2 Å².